The number of allylic oxidation sites excluding steroid dienone is 10. The molecule has 3 atom stereocenters. The molecule has 0 rings (SSSR count). The number of carbonyl (C=O) groups excluding carboxylic acids is 3. The van der Waals surface area contributed by atoms with Crippen LogP contribution in [0.25, 0.3) is 0 Å². The number of unbranched alkanes of at least 4 members (excludes halogenated alkanes) is 25. The first kappa shape index (κ1) is 67.2. The van der Waals surface area contributed by atoms with Crippen molar-refractivity contribution in [3.63, 3.8) is 0 Å². The van der Waals surface area contributed by atoms with Gasteiger partial charge in [-0.05, 0) is 83.5 Å². The fourth-order valence-electron chi connectivity index (χ4n) is 7.64. The van der Waals surface area contributed by atoms with Gasteiger partial charge in [-0.2, -0.15) is 0 Å². The minimum Gasteiger partial charge on any atom is -0.462 e. The number of hydrogen-bond donors (Lipinski definition) is 2. The Morgan fingerprint density at radius 2 is 0.743 bits per heavy atom. The van der Waals surface area contributed by atoms with E-state index in [2.05, 4.69) is 81.5 Å². The number of phosphoric ester groups is 1. The van der Waals surface area contributed by atoms with Crippen LogP contribution in [0.2, 0.25) is 0 Å². The minimum atomic E-state index is -4.75. The summed E-state index contributed by atoms with van der Waals surface area (Å²) in [5.74, 6) is -1.49. The second-order valence-corrected chi connectivity index (χ2v) is 20.2. The lowest BCUT2D eigenvalue weighted by atomic mass is 10.1. The molecule has 0 aliphatic heterocycles. The van der Waals surface area contributed by atoms with Crippen LogP contribution >= 0.6 is 7.82 Å². The Balaban J connectivity index is 4.76. The molecule has 2 N–H and O–H groups in total. The standard InChI is InChI=1S/C58H103O11P/c1-4-7-10-13-16-19-22-24-26-27-29-31-34-37-40-43-46-49-58(62)69-55(51-65-56(60)47-44-41-38-35-33-30-28-25-23-20-17-14-11-8-5-2)53-67-70(63,64)66-52-54(50-59)68-57(61)48-45-42-39-36-32-21-18-15-12-9-6-3/h7,10,16-17,19-20,24-26,28,54-55,59H,4-6,8-9,11-15,18,21-23,27,29-53H2,1-3H3,(H,63,64)/b10-7-,19-16-,20-17-,26-24-,28-25-. The monoisotopic (exact) mass is 1010 g/mol. The summed E-state index contributed by atoms with van der Waals surface area (Å²) >= 11 is 0. The molecule has 0 spiro atoms. The van der Waals surface area contributed by atoms with E-state index >= 15 is 0 Å². The molecule has 0 aliphatic carbocycles. The SMILES string of the molecule is CC/C=C\C/C=C\C/C=C\CCCCCCCCCC(=O)OC(COC(=O)CCCCCCC/C=C\C/C=C\CCCCC)COP(=O)(O)OCC(CO)OC(=O)CCCCCCCCCCCCC. The molecule has 0 heterocycles. The molecule has 0 aromatic carbocycles. The van der Waals surface area contributed by atoms with E-state index in [1.165, 1.54) is 70.6 Å². The molecule has 0 radical (unpaired) electrons. The Morgan fingerprint density at radius 1 is 0.414 bits per heavy atom. The predicted octanol–water partition coefficient (Wildman–Crippen LogP) is 16.4. The van der Waals surface area contributed by atoms with E-state index < -0.39 is 57.8 Å². The topological polar surface area (TPSA) is 155 Å². The first-order chi connectivity index (χ1) is 34.2. The molecule has 11 nitrogen and oxygen atoms in total. The van der Waals surface area contributed by atoms with Crippen LogP contribution in [0.5, 0.6) is 0 Å². The highest BCUT2D eigenvalue weighted by Crippen LogP contribution is 2.43. The third-order valence-corrected chi connectivity index (χ3v) is 12.9. The van der Waals surface area contributed by atoms with Crippen LogP contribution in [0.3, 0.4) is 0 Å². The Bertz CT molecular complexity index is 1410. The van der Waals surface area contributed by atoms with Crippen LogP contribution in [0.1, 0.15) is 252 Å². The van der Waals surface area contributed by atoms with Crippen molar-refractivity contribution >= 4 is 25.7 Å². The summed E-state index contributed by atoms with van der Waals surface area (Å²) in [6.45, 7) is 4.48. The first-order valence-electron chi connectivity index (χ1n) is 28.2. The van der Waals surface area contributed by atoms with Gasteiger partial charge >= 0.3 is 25.7 Å². The van der Waals surface area contributed by atoms with Crippen LogP contribution in [-0.4, -0.2) is 66.5 Å². The molecule has 0 aliphatic rings. The average Bonchev–Trinajstić information content (AvgIpc) is 3.35. The fourth-order valence-corrected chi connectivity index (χ4v) is 8.42. The van der Waals surface area contributed by atoms with Crippen molar-refractivity contribution in [2.24, 2.45) is 0 Å². The zero-order valence-electron chi connectivity index (χ0n) is 44.7. The third-order valence-electron chi connectivity index (χ3n) is 11.9. The number of rotatable bonds is 52. The molecular weight excluding hydrogens is 904 g/mol. The molecule has 0 fully saturated rings. The van der Waals surface area contributed by atoms with Crippen LogP contribution < -0.4 is 0 Å². The normalized spacial score (nSPS) is 13.8. The predicted molar refractivity (Wildman–Crippen MR) is 288 cm³/mol. The quantitative estimate of drug-likeness (QED) is 0.0197. The van der Waals surface area contributed by atoms with Crippen LogP contribution in [-0.2, 0) is 42.2 Å². The van der Waals surface area contributed by atoms with E-state index in [9.17, 15) is 28.9 Å². The van der Waals surface area contributed by atoms with Gasteiger partial charge in [0.2, 0.25) is 0 Å². The second-order valence-electron chi connectivity index (χ2n) is 18.7. The van der Waals surface area contributed by atoms with Gasteiger partial charge in [0.1, 0.15) is 12.7 Å². The summed E-state index contributed by atoms with van der Waals surface area (Å²) < 4.78 is 39.4. The Kier molecular flexibility index (Phi) is 50.4. The van der Waals surface area contributed by atoms with Crippen molar-refractivity contribution in [2.45, 2.75) is 264 Å². The molecule has 406 valence electrons. The third kappa shape index (κ3) is 50.1. The van der Waals surface area contributed by atoms with Gasteiger partial charge in [-0.1, -0.05) is 210 Å². The number of carbonyl (C=O) groups is 3. The van der Waals surface area contributed by atoms with Crippen LogP contribution in [0.15, 0.2) is 60.8 Å². The molecule has 0 saturated carbocycles. The molecule has 0 saturated heterocycles. The van der Waals surface area contributed by atoms with Crippen molar-refractivity contribution in [3.05, 3.63) is 60.8 Å². The van der Waals surface area contributed by atoms with E-state index in [0.717, 1.165) is 122 Å². The number of ether oxygens (including phenoxy) is 3. The lowest BCUT2D eigenvalue weighted by Crippen LogP contribution is -2.30. The summed E-state index contributed by atoms with van der Waals surface area (Å²) in [4.78, 5) is 48.4. The number of aliphatic hydroxyl groups is 1. The van der Waals surface area contributed by atoms with Crippen molar-refractivity contribution in [1.82, 2.24) is 0 Å². The van der Waals surface area contributed by atoms with Crippen molar-refractivity contribution in [1.29, 1.82) is 0 Å². The second kappa shape index (κ2) is 52.5. The minimum absolute atomic E-state index is 0.153. The van der Waals surface area contributed by atoms with Crippen LogP contribution in [0, 0.1) is 0 Å². The molecule has 0 aromatic heterocycles. The van der Waals surface area contributed by atoms with Gasteiger partial charge in [-0.3, -0.25) is 23.4 Å². The zero-order chi connectivity index (χ0) is 51.3. The largest absolute Gasteiger partial charge is 0.472 e. The van der Waals surface area contributed by atoms with Crippen molar-refractivity contribution in [3.8, 4) is 0 Å². The van der Waals surface area contributed by atoms with Crippen molar-refractivity contribution < 1.29 is 52.2 Å². The highest BCUT2D eigenvalue weighted by Gasteiger charge is 2.28. The number of aliphatic hydroxyl groups excluding tert-OH is 1. The molecule has 70 heavy (non-hydrogen) atoms. The molecular formula is C58H103O11P. The average molecular weight is 1010 g/mol. The molecule has 0 bridgehead atoms. The zero-order valence-corrected chi connectivity index (χ0v) is 45.6. The van der Waals surface area contributed by atoms with E-state index in [4.69, 9.17) is 23.3 Å². The van der Waals surface area contributed by atoms with E-state index in [1.54, 1.807) is 0 Å². The lowest BCUT2D eigenvalue weighted by molar-refractivity contribution is -0.161. The smallest absolute Gasteiger partial charge is 0.462 e. The maximum atomic E-state index is 12.9. The Morgan fingerprint density at radius 3 is 1.17 bits per heavy atom. The summed E-state index contributed by atoms with van der Waals surface area (Å²) in [6.07, 6.45) is 56.0. The summed E-state index contributed by atoms with van der Waals surface area (Å²) in [6, 6.07) is 0. The molecule has 0 aromatic rings. The van der Waals surface area contributed by atoms with E-state index in [-0.39, 0.29) is 25.9 Å². The summed E-state index contributed by atoms with van der Waals surface area (Å²) in [7, 11) is -4.75. The highest BCUT2D eigenvalue weighted by molar-refractivity contribution is 7.47. The molecule has 0 amide bonds. The fraction of sp³-hybridized carbons (Fsp3) is 0.776. The van der Waals surface area contributed by atoms with Gasteiger partial charge in [-0.25, -0.2) is 4.57 Å². The van der Waals surface area contributed by atoms with E-state index in [1.807, 2.05) is 0 Å². The molecule has 12 heteroatoms. The Labute approximate surface area is 427 Å². The van der Waals surface area contributed by atoms with Gasteiger partial charge < -0.3 is 24.2 Å². The highest BCUT2D eigenvalue weighted by atomic mass is 31.2. The lowest BCUT2D eigenvalue weighted by Gasteiger charge is -2.21. The van der Waals surface area contributed by atoms with Gasteiger partial charge in [-0.15, -0.1) is 0 Å². The Hall–Kier alpha value is -2.82. The first-order valence-corrected chi connectivity index (χ1v) is 29.7. The van der Waals surface area contributed by atoms with Gasteiger partial charge in [0.15, 0.2) is 6.10 Å². The summed E-state index contributed by atoms with van der Waals surface area (Å²) in [5, 5.41) is 9.78. The van der Waals surface area contributed by atoms with Gasteiger partial charge in [0.25, 0.3) is 0 Å². The van der Waals surface area contributed by atoms with Crippen LogP contribution in [0.4, 0.5) is 0 Å². The van der Waals surface area contributed by atoms with E-state index in [0.29, 0.717) is 19.3 Å². The summed E-state index contributed by atoms with van der Waals surface area (Å²) in [5.41, 5.74) is 0. The maximum absolute atomic E-state index is 12.9. The molecule has 3 unspecified atom stereocenters. The van der Waals surface area contributed by atoms with Gasteiger partial charge in [0.05, 0.1) is 19.8 Å². The maximum Gasteiger partial charge on any atom is 0.472 e. The number of esters is 3. The van der Waals surface area contributed by atoms with Gasteiger partial charge in [0, 0.05) is 19.3 Å². The number of hydrogen-bond acceptors (Lipinski definition) is 10. The number of phosphoric acid groups is 1. The van der Waals surface area contributed by atoms with Crippen molar-refractivity contribution in [2.75, 3.05) is 26.4 Å².